The number of amides is 2. The molecular weight excluding hydrogens is 292 g/mol. The van der Waals surface area contributed by atoms with E-state index in [9.17, 15) is 9.59 Å². The topological polar surface area (TPSA) is 58.6 Å². The van der Waals surface area contributed by atoms with Gasteiger partial charge in [0.15, 0.2) is 0 Å². The fraction of sp³-hybridized carbons (Fsp3) is 0.556. The lowest BCUT2D eigenvalue weighted by Crippen LogP contribution is -2.48. The molecule has 1 aliphatic heterocycles. The van der Waals surface area contributed by atoms with E-state index in [1.807, 2.05) is 29.2 Å². The lowest BCUT2D eigenvalue weighted by atomic mass is 10.1. The SMILES string of the molecule is COc1ccc(CCC(=O)NC(C)C(=O)N2CCCCC2)cc1. The zero-order chi connectivity index (χ0) is 16.7. The molecule has 1 aromatic carbocycles. The van der Waals surface area contributed by atoms with Gasteiger partial charge >= 0.3 is 0 Å². The molecule has 0 aliphatic carbocycles. The molecule has 0 radical (unpaired) electrons. The lowest BCUT2D eigenvalue weighted by molar-refractivity contribution is -0.136. The number of carbonyl (C=O) groups is 2. The van der Waals surface area contributed by atoms with Crippen molar-refractivity contribution in [3.63, 3.8) is 0 Å². The summed E-state index contributed by atoms with van der Waals surface area (Å²) in [7, 11) is 1.63. The van der Waals surface area contributed by atoms with Crippen LogP contribution < -0.4 is 10.1 Å². The zero-order valence-electron chi connectivity index (χ0n) is 14.0. The molecule has 1 atom stereocenters. The van der Waals surface area contributed by atoms with Crippen LogP contribution in [0.2, 0.25) is 0 Å². The molecule has 2 amide bonds. The van der Waals surface area contributed by atoms with Crippen LogP contribution in [-0.2, 0) is 16.0 Å². The van der Waals surface area contributed by atoms with Gasteiger partial charge in [0.2, 0.25) is 11.8 Å². The number of likely N-dealkylation sites (tertiary alicyclic amines) is 1. The predicted octanol–water partition coefficient (Wildman–Crippen LogP) is 2.14. The Balaban J connectivity index is 1.75. The van der Waals surface area contributed by atoms with E-state index >= 15 is 0 Å². The number of benzene rings is 1. The highest BCUT2D eigenvalue weighted by molar-refractivity contribution is 5.87. The van der Waals surface area contributed by atoms with Crippen molar-refractivity contribution >= 4 is 11.8 Å². The molecule has 126 valence electrons. The normalized spacial score (nSPS) is 15.8. The largest absolute Gasteiger partial charge is 0.497 e. The Labute approximate surface area is 138 Å². The molecule has 0 spiro atoms. The third-order valence-corrected chi connectivity index (χ3v) is 4.22. The third-order valence-electron chi connectivity index (χ3n) is 4.22. The van der Waals surface area contributed by atoms with E-state index in [0.717, 1.165) is 37.2 Å². The lowest BCUT2D eigenvalue weighted by Gasteiger charge is -2.29. The summed E-state index contributed by atoms with van der Waals surface area (Å²) in [5.74, 6) is 0.750. The van der Waals surface area contributed by atoms with Crippen LogP contribution in [0.15, 0.2) is 24.3 Å². The summed E-state index contributed by atoms with van der Waals surface area (Å²) in [5.41, 5.74) is 1.08. The van der Waals surface area contributed by atoms with Crippen molar-refractivity contribution in [1.29, 1.82) is 0 Å². The van der Waals surface area contributed by atoms with Crippen LogP contribution in [0.25, 0.3) is 0 Å². The molecule has 1 aliphatic rings. The molecule has 1 N–H and O–H groups in total. The van der Waals surface area contributed by atoms with E-state index in [1.165, 1.54) is 6.42 Å². The minimum absolute atomic E-state index is 0.0301. The van der Waals surface area contributed by atoms with Crippen molar-refractivity contribution in [3.8, 4) is 5.75 Å². The van der Waals surface area contributed by atoms with Crippen LogP contribution in [0, 0.1) is 0 Å². The summed E-state index contributed by atoms with van der Waals surface area (Å²) < 4.78 is 5.11. The molecule has 1 aromatic rings. The maximum Gasteiger partial charge on any atom is 0.244 e. The standard InChI is InChI=1S/C18H26N2O3/c1-14(18(22)20-12-4-3-5-13-20)19-17(21)11-8-15-6-9-16(23-2)10-7-15/h6-7,9-10,14H,3-5,8,11-13H2,1-2H3,(H,19,21). The van der Waals surface area contributed by atoms with Crippen molar-refractivity contribution in [2.45, 2.75) is 45.1 Å². The smallest absolute Gasteiger partial charge is 0.244 e. The van der Waals surface area contributed by atoms with E-state index in [2.05, 4.69) is 5.32 Å². The molecule has 0 saturated carbocycles. The van der Waals surface area contributed by atoms with Crippen LogP contribution in [-0.4, -0.2) is 43.0 Å². The van der Waals surface area contributed by atoms with Crippen molar-refractivity contribution in [1.82, 2.24) is 10.2 Å². The first-order chi connectivity index (χ1) is 11.1. The van der Waals surface area contributed by atoms with E-state index in [-0.39, 0.29) is 11.8 Å². The molecule has 1 fully saturated rings. The van der Waals surface area contributed by atoms with Crippen LogP contribution >= 0.6 is 0 Å². The summed E-state index contributed by atoms with van der Waals surface area (Å²) in [6, 6.07) is 7.23. The summed E-state index contributed by atoms with van der Waals surface area (Å²) >= 11 is 0. The monoisotopic (exact) mass is 318 g/mol. The zero-order valence-corrected chi connectivity index (χ0v) is 14.0. The Bertz CT molecular complexity index is 522. The fourth-order valence-electron chi connectivity index (χ4n) is 2.81. The molecule has 5 nitrogen and oxygen atoms in total. The molecule has 1 heterocycles. The van der Waals surface area contributed by atoms with Gasteiger partial charge in [-0.05, 0) is 50.3 Å². The van der Waals surface area contributed by atoms with Crippen molar-refractivity contribution in [2.75, 3.05) is 20.2 Å². The number of methoxy groups -OCH3 is 1. The minimum atomic E-state index is -0.448. The first-order valence-corrected chi connectivity index (χ1v) is 8.31. The van der Waals surface area contributed by atoms with Gasteiger partial charge in [0.1, 0.15) is 11.8 Å². The maximum atomic E-state index is 12.3. The highest BCUT2D eigenvalue weighted by atomic mass is 16.5. The Hall–Kier alpha value is -2.04. The Kier molecular flexibility index (Phi) is 6.44. The highest BCUT2D eigenvalue weighted by Gasteiger charge is 2.23. The van der Waals surface area contributed by atoms with Gasteiger partial charge in [0, 0.05) is 19.5 Å². The van der Waals surface area contributed by atoms with Crippen molar-refractivity contribution < 1.29 is 14.3 Å². The fourth-order valence-corrected chi connectivity index (χ4v) is 2.81. The number of aryl methyl sites for hydroxylation is 1. The first kappa shape index (κ1) is 17.3. The van der Waals surface area contributed by atoms with Gasteiger partial charge in [-0.3, -0.25) is 9.59 Å². The highest BCUT2D eigenvalue weighted by Crippen LogP contribution is 2.13. The molecule has 0 aromatic heterocycles. The Morgan fingerprint density at radius 3 is 2.43 bits per heavy atom. The molecular formula is C18H26N2O3. The molecule has 23 heavy (non-hydrogen) atoms. The quantitative estimate of drug-likeness (QED) is 0.874. The maximum absolute atomic E-state index is 12.3. The number of hydrogen-bond acceptors (Lipinski definition) is 3. The van der Waals surface area contributed by atoms with Gasteiger partial charge in [-0.15, -0.1) is 0 Å². The van der Waals surface area contributed by atoms with Crippen LogP contribution in [0.5, 0.6) is 5.75 Å². The molecule has 0 bridgehead atoms. The molecule has 5 heteroatoms. The number of carbonyl (C=O) groups excluding carboxylic acids is 2. The number of ether oxygens (including phenoxy) is 1. The average Bonchev–Trinajstić information content (AvgIpc) is 2.60. The van der Waals surface area contributed by atoms with E-state index < -0.39 is 6.04 Å². The summed E-state index contributed by atoms with van der Waals surface area (Å²) in [6.45, 7) is 3.39. The minimum Gasteiger partial charge on any atom is -0.497 e. The van der Waals surface area contributed by atoms with E-state index in [4.69, 9.17) is 4.74 Å². The van der Waals surface area contributed by atoms with E-state index in [1.54, 1.807) is 14.0 Å². The van der Waals surface area contributed by atoms with Gasteiger partial charge in [-0.1, -0.05) is 12.1 Å². The number of piperidine rings is 1. The van der Waals surface area contributed by atoms with Crippen molar-refractivity contribution in [3.05, 3.63) is 29.8 Å². The average molecular weight is 318 g/mol. The number of rotatable bonds is 6. The molecule has 2 rings (SSSR count). The Morgan fingerprint density at radius 2 is 1.83 bits per heavy atom. The van der Waals surface area contributed by atoms with Gasteiger partial charge < -0.3 is 15.0 Å². The van der Waals surface area contributed by atoms with Crippen molar-refractivity contribution in [2.24, 2.45) is 0 Å². The second-order valence-corrected chi connectivity index (χ2v) is 6.02. The molecule has 1 unspecified atom stereocenters. The van der Waals surface area contributed by atoms with Gasteiger partial charge in [0.25, 0.3) is 0 Å². The van der Waals surface area contributed by atoms with Crippen LogP contribution in [0.3, 0.4) is 0 Å². The van der Waals surface area contributed by atoms with E-state index in [0.29, 0.717) is 12.8 Å². The molecule has 1 saturated heterocycles. The summed E-state index contributed by atoms with van der Waals surface area (Å²) in [4.78, 5) is 26.2. The number of nitrogens with zero attached hydrogens (tertiary/aromatic N) is 1. The Morgan fingerprint density at radius 1 is 1.17 bits per heavy atom. The second kappa shape index (κ2) is 8.56. The number of nitrogens with one attached hydrogen (secondary N) is 1. The summed E-state index contributed by atoms with van der Waals surface area (Å²) in [5, 5.41) is 2.81. The van der Waals surface area contributed by atoms with Gasteiger partial charge in [-0.2, -0.15) is 0 Å². The summed E-state index contributed by atoms with van der Waals surface area (Å²) in [6.07, 6.45) is 4.34. The van der Waals surface area contributed by atoms with Crippen LogP contribution in [0.4, 0.5) is 0 Å². The second-order valence-electron chi connectivity index (χ2n) is 6.02. The van der Waals surface area contributed by atoms with Gasteiger partial charge in [0.05, 0.1) is 7.11 Å². The first-order valence-electron chi connectivity index (χ1n) is 8.31. The van der Waals surface area contributed by atoms with Crippen LogP contribution in [0.1, 0.15) is 38.2 Å². The third kappa shape index (κ3) is 5.27. The predicted molar refractivity (Wildman–Crippen MR) is 89.4 cm³/mol. The van der Waals surface area contributed by atoms with Gasteiger partial charge in [-0.25, -0.2) is 0 Å². The number of hydrogen-bond donors (Lipinski definition) is 1.